The van der Waals surface area contributed by atoms with Gasteiger partial charge in [0.15, 0.2) is 0 Å². The van der Waals surface area contributed by atoms with E-state index in [4.69, 9.17) is 10.5 Å². The van der Waals surface area contributed by atoms with E-state index in [2.05, 4.69) is 51.7 Å². The quantitative estimate of drug-likeness (QED) is 0.833. The van der Waals surface area contributed by atoms with E-state index in [1.807, 2.05) is 0 Å². The minimum Gasteiger partial charge on any atom is -0.383 e. The number of aryl methyl sites for hydroxylation is 3. The summed E-state index contributed by atoms with van der Waals surface area (Å²) in [6.07, 6.45) is 0. The Morgan fingerprint density at radius 1 is 1.20 bits per heavy atom. The Balaban J connectivity index is 2.87. The lowest BCUT2D eigenvalue weighted by Gasteiger charge is -2.31. The summed E-state index contributed by atoms with van der Waals surface area (Å²) in [5.74, 6) is 0. The highest BCUT2D eigenvalue weighted by atomic mass is 16.5. The van der Waals surface area contributed by atoms with Crippen LogP contribution in [0.4, 0.5) is 0 Å². The third kappa shape index (κ3) is 4.30. The molecule has 1 rings (SSSR count). The summed E-state index contributed by atoms with van der Waals surface area (Å²) in [6.45, 7) is 13.4. The number of nitrogens with two attached hydrogens (primary N) is 1. The summed E-state index contributed by atoms with van der Waals surface area (Å²) in [7, 11) is 1.75. The molecule has 0 saturated carbocycles. The first-order chi connectivity index (χ1) is 9.40. The number of likely N-dealkylation sites (N-methyl/N-ethyl adjacent to an activating group) is 1. The van der Waals surface area contributed by atoms with E-state index in [0.29, 0.717) is 6.04 Å². The Hall–Kier alpha value is -0.900. The molecule has 3 nitrogen and oxygen atoms in total. The van der Waals surface area contributed by atoms with Crippen LogP contribution in [0.3, 0.4) is 0 Å². The van der Waals surface area contributed by atoms with Gasteiger partial charge in [-0.05, 0) is 50.9 Å². The molecule has 0 bridgehead atoms. The Kier molecular flexibility index (Phi) is 6.66. The fraction of sp³-hybridized carbons (Fsp3) is 0.647. The van der Waals surface area contributed by atoms with Crippen molar-refractivity contribution < 1.29 is 4.74 Å². The van der Waals surface area contributed by atoms with Gasteiger partial charge in [0.05, 0.1) is 6.61 Å². The fourth-order valence-electron chi connectivity index (χ4n) is 3.09. The van der Waals surface area contributed by atoms with E-state index in [1.54, 1.807) is 7.11 Å². The van der Waals surface area contributed by atoms with E-state index in [9.17, 15) is 0 Å². The monoisotopic (exact) mass is 278 g/mol. The van der Waals surface area contributed by atoms with Crippen LogP contribution in [0.2, 0.25) is 0 Å². The van der Waals surface area contributed by atoms with Gasteiger partial charge in [-0.3, -0.25) is 4.90 Å². The maximum atomic E-state index is 6.47. The van der Waals surface area contributed by atoms with Gasteiger partial charge in [-0.15, -0.1) is 0 Å². The van der Waals surface area contributed by atoms with Crippen molar-refractivity contribution in [1.82, 2.24) is 4.90 Å². The van der Waals surface area contributed by atoms with Crippen molar-refractivity contribution in [2.75, 3.05) is 26.8 Å². The second-order valence-corrected chi connectivity index (χ2v) is 5.81. The number of benzene rings is 1. The van der Waals surface area contributed by atoms with Crippen LogP contribution >= 0.6 is 0 Å². The van der Waals surface area contributed by atoms with Gasteiger partial charge in [-0.2, -0.15) is 0 Å². The zero-order valence-electron chi connectivity index (χ0n) is 13.9. The van der Waals surface area contributed by atoms with E-state index in [-0.39, 0.29) is 6.04 Å². The Morgan fingerprint density at radius 2 is 1.75 bits per heavy atom. The van der Waals surface area contributed by atoms with Gasteiger partial charge in [-0.25, -0.2) is 0 Å². The molecule has 0 aliphatic rings. The van der Waals surface area contributed by atoms with Gasteiger partial charge in [0.1, 0.15) is 0 Å². The summed E-state index contributed by atoms with van der Waals surface area (Å²) in [4.78, 5) is 2.38. The largest absolute Gasteiger partial charge is 0.383 e. The average Bonchev–Trinajstić information content (AvgIpc) is 2.34. The highest BCUT2D eigenvalue weighted by Crippen LogP contribution is 2.23. The topological polar surface area (TPSA) is 38.5 Å². The van der Waals surface area contributed by atoms with E-state index < -0.39 is 0 Å². The molecule has 0 aromatic heterocycles. The number of hydrogen-bond donors (Lipinski definition) is 1. The summed E-state index contributed by atoms with van der Waals surface area (Å²) in [5.41, 5.74) is 11.7. The number of methoxy groups -OCH3 is 1. The van der Waals surface area contributed by atoms with Crippen LogP contribution in [0, 0.1) is 20.8 Å². The van der Waals surface area contributed by atoms with Crippen LogP contribution in [-0.4, -0.2) is 37.7 Å². The molecule has 2 N–H and O–H groups in total. The first-order valence-corrected chi connectivity index (χ1v) is 7.47. The molecule has 1 aromatic rings. The predicted octanol–water partition coefficient (Wildman–Crippen LogP) is 2.97. The molecule has 0 saturated heterocycles. The van der Waals surface area contributed by atoms with E-state index in [1.165, 1.54) is 22.3 Å². The van der Waals surface area contributed by atoms with Crippen LogP contribution in [-0.2, 0) is 4.74 Å². The highest BCUT2D eigenvalue weighted by molar-refractivity contribution is 5.39. The number of rotatable bonds is 7. The summed E-state index contributed by atoms with van der Waals surface area (Å²) < 4.78 is 5.25. The lowest BCUT2D eigenvalue weighted by atomic mass is 9.94. The van der Waals surface area contributed by atoms with Crippen LogP contribution in [0.1, 0.15) is 42.1 Å². The van der Waals surface area contributed by atoms with Gasteiger partial charge in [0.25, 0.3) is 0 Å². The predicted molar refractivity (Wildman–Crippen MR) is 86.2 cm³/mol. The molecule has 2 unspecified atom stereocenters. The SMILES string of the molecule is CCN(CC(N)c1c(C)cc(C)cc1C)C(C)COC. The van der Waals surface area contributed by atoms with Crippen LogP contribution in [0.15, 0.2) is 12.1 Å². The van der Waals surface area contributed by atoms with Crippen molar-refractivity contribution in [1.29, 1.82) is 0 Å². The van der Waals surface area contributed by atoms with E-state index >= 15 is 0 Å². The minimum absolute atomic E-state index is 0.0508. The minimum atomic E-state index is 0.0508. The summed E-state index contributed by atoms with van der Waals surface area (Å²) >= 11 is 0. The Labute approximate surface area is 124 Å². The maximum absolute atomic E-state index is 6.47. The first kappa shape index (κ1) is 17.2. The second kappa shape index (κ2) is 7.77. The van der Waals surface area contributed by atoms with Crippen molar-refractivity contribution >= 4 is 0 Å². The van der Waals surface area contributed by atoms with Crippen molar-refractivity contribution in [2.24, 2.45) is 5.73 Å². The standard InChI is InChI=1S/C17H30N2O/c1-7-19(15(5)11-20-6)10-16(18)17-13(3)8-12(2)9-14(17)4/h8-9,15-16H,7,10-11,18H2,1-6H3. The van der Waals surface area contributed by atoms with Crippen LogP contribution < -0.4 is 5.73 Å². The molecule has 2 atom stereocenters. The molecule has 114 valence electrons. The van der Waals surface area contributed by atoms with Gasteiger partial charge < -0.3 is 10.5 Å². The Morgan fingerprint density at radius 3 is 2.20 bits per heavy atom. The molecule has 0 amide bonds. The molecular formula is C17H30N2O. The van der Waals surface area contributed by atoms with Crippen molar-refractivity contribution in [3.63, 3.8) is 0 Å². The maximum Gasteiger partial charge on any atom is 0.0615 e. The van der Waals surface area contributed by atoms with Gasteiger partial charge >= 0.3 is 0 Å². The average molecular weight is 278 g/mol. The molecule has 0 radical (unpaired) electrons. The molecule has 0 heterocycles. The highest BCUT2D eigenvalue weighted by Gasteiger charge is 2.19. The first-order valence-electron chi connectivity index (χ1n) is 7.47. The number of ether oxygens (including phenoxy) is 1. The van der Waals surface area contributed by atoms with Crippen molar-refractivity contribution in [3.8, 4) is 0 Å². The summed E-state index contributed by atoms with van der Waals surface area (Å²) in [5, 5.41) is 0. The third-order valence-corrected chi connectivity index (χ3v) is 3.98. The van der Waals surface area contributed by atoms with Crippen LogP contribution in [0.5, 0.6) is 0 Å². The molecule has 0 spiro atoms. The van der Waals surface area contributed by atoms with Crippen molar-refractivity contribution in [3.05, 3.63) is 34.4 Å². The molecular weight excluding hydrogens is 248 g/mol. The third-order valence-electron chi connectivity index (χ3n) is 3.98. The second-order valence-electron chi connectivity index (χ2n) is 5.81. The molecule has 3 heteroatoms. The Bertz CT molecular complexity index is 408. The molecule has 0 aliphatic carbocycles. The molecule has 1 aromatic carbocycles. The van der Waals surface area contributed by atoms with Crippen LogP contribution in [0.25, 0.3) is 0 Å². The van der Waals surface area contributed by atoms with Gasteiger partial charge in [0.2, 0.25) is 0 Å². The zero-order chi connectivity index (χ0) is 15.3. The molecule has 20 heavy (non-hydrogen) atoms. The molecule has 0 fully saturated rings. The van der Waals surface area contributed by atoms with Crippen molar-refractivity contribution in [2.45, 2.75) is 46.7 Å². The summed E-state index contributed by atoms with van der Waals surface area (Å²) in [6, 6.07) is 4.88. The van der Waals surface area contributed by atoms with Gasteiger partial charge in [-0.1, -0.05) is 24.6 Å². The number of hydrogen-bond acceptors (Lipinski definition) is 3. The van der Waals surface area contributed by atoms with Gasteiger partial charge in [0, 0.05) is 25.7 Å². The van der Waals surface area contributed by atoms with E-state index in [0.717, 1.165) is 19.7 Å². The lowest BCUT2D eigenvalue weighted by Crippen LogP contribution is -2.41. The molecule has 0 aliphatic heterocycles. The normalized spacial score (nSPS) is 14.6. The number of nitrogens with zero attached hydrogens (tertiary/aromatic N) is 1. The lowest BCUT2D eigenvalue weighted by molar-refractivity contribution is 0.0985. The fourth-order valence-corrected chi connectivity index (χ4v) is 3.09. The zero-order valence-corrected chi connectivity index (χ0v) is 13.9. The smallest absolute Gasteiger partial charge is 0.0615 e.